The normalized spacial score (nSPS) is 17.9. The summed E-state index contributed by atoms with van der Waals surface area (Å²) in [6.45, 7) is 0.642. The quantitative estimate of drug-likeness (QED) is 0.185. The highest BCUT2D eigenvalue weighted by Crippen LogP contribution is 2.08. The molecule has 1 aliphatic heterocycles. The number of amides is 3. The van der Waals surface area contributed by atoms with Crippen LogP contribution in [0, 0.1) is 0 Å². The molecule has 1 fully saturated rings. The molecule has 1 saturated heterocycles. The van der Waals surface area contributed by atoms with Crippen LogP contribution in [0.25, 0.3) is 0 Å². The highest BCUT2D eigenvalue weighted by atomic mass is 32.1. The highest BCUT2D eigenvalue weighted by Gasteiger charge is 2.32. The van der Waals surface area contributed by atoms with E-state index in [1.54, 1.807) is 30.3 Å². The summed E-state index contributed by atoms with van der Waals surface area (Å²) < 4.78 is 0. The van der Waals surface area contributed by atoms with Gasteiger partial charge in [-0.25, -0.2) is 4.79 Å². The molecular weight excluding hydrogens is 452 g/mol. The van der Waals surface area contributed by atoms with Crippen molar-refractivity contribution in [1.82, 2.24) is 21.3 Å². The van der Waals surface area contributed by atoms with Crippen LogP contribution in [-0.2, 0) is 30.4 Å². The Morgan fingerprint density at radius 2 is 1.61 bits per heavy atom. The number of carboxylic acid groups (broad SMARTS) is 2. The predicted octanol–water partition coefficient (Wildman–Crippen LogP) is -1.08. The molecule has 1 heterocycles. The number of nitrogens with one attached hydrogen (secondary N) is 4. The van der Waals surface area contributed by atoms with Gasteiger partial charge in [0.25, 0.3) is 0 Å². The first-order chi connectivity index (χ1) is 15.7. The molecule has 0 radical (unpaired) electrons. The molecule has 33 heavy (non-hydrogen) atoms. The Morgan fingerprint density at radius 3 is 2.15 bits per heavy atom. The highest BCUT2D eigenvalue weighted by molar-refractivity contribution is 7.80. The van der Waals surface area contributed by atoms with Crippen molar-refractivity contribution in [2.24, 2.45) is 0 Å². The number of aliphatic carboxylic acids is 2. The van der Waals surface area contributed by atoms with Gasteiger partial charge in [0.1, 0.15) is 18.1 Å². The van der Waals surface area contributed by atoms with Gasteiger partial charge in [-0.15, -0.1) is 0 Å². The molecule has 12 heteroatoms. The van der Waals surface area contributed by atoms with E-state index >= 15 is 0 Å². The second kappa shape index (κ2) is 12.8. The average molecular weight is 481 g/mol. The van der Waals surface area contributed by atoms with Crippen molar-refractivity contribution in [3.8, 4) is 0 Å². The third-order valence-corrected chi connectivity index (χ3v) is 5.47. The fourth-order valence-corrected chi connectivity index (χ4v) is 3.60. The van der Waals surface area contributed by atoms with E-state index in [2.05, 4.69) is 33.9 Å². The Bertz CT molecular complexity index is 861. The van der Waals surface area contributed by atoms with Crippen molar-refractivity contribution in [2.45, 2.75) is 49.9 Å². The van der Waals surface area contributed by atoms with Gasteiger partial charge in [0.2, 0.25) is 17.7 Å². The zero-order valence-electron chi connectivity index (χ0n) is 17.8. The van der Waals surface area contributed by atoms with E-state index in [0.29, 0.717) is 18.5 Å². The number of rotatable bonds is 12. The van der Waals surface area contributed by atoms with Crippen LogP contribution in [0.1, 0.15) is 24.8 Å². The molecular formula is C21H28N4O7S. The van der Waals surface area contributed by atoms with E-state index in [-0.39, 0.29) is 12.2 Å². The summed E-state index contributed by atoms with van der Waals surface area (Å²) >= 11 is 3.92. The second-order valence-electron chi connectivity index (χ2n) is 7.64. The monoisotopic (exact) mass is 480 g/mol. The molecule has 0 aliphatic carbocycles. The van der Waals surface area contributed by atoms with Crippen molar-refractivity contribution >= 4 is 42.3 Å². The van der Waals surface area contributed by atoms with Crippen LogP contribution in [0.15, 0.2) is 30.3 Å². The van der Waals surface area contributed by atoms with E-state index in [0.717, 1.165) is 6.42 Å². The summed E-state index contributed by atoms with van der Waals surface area (Å²) in [5.74, 6) is -4.90. The minimum Gasteiger partial charge on any atom is -0.481 e. The Morgan fingerprint density at radius 1 is 0.970 bits per heavy atom. The number of carboxylic acids is 2. The van der Waals surface area contributed by atoms with Crippen molar-refractivity contribution < 1.29 is 34.2 Å². The maximum absolute atomic E-state index is 12.9. The van der Waals surface area contributed by atoms with E-state index in [4.69, 9.17) is 0 Å². The van der Waals surface area contributed by atoms with Crippen LogP contribution >= 0.6 is 12.6 Å². The lowest BCUT2D eigenvalue weighted by molar-refractivity contribution is -0.142. The molecule has 0 saturated carbocycles. The molecule has 1 aliphatic rings. The van der Waals surface area contributed by atoms with Gasteiger partial charge in [0.05, 0.1) is 12.5 Å². The van der Waals surface area contributed by atoms with Gasteiger partial charge in [-0.3, -0.25) is 19.2 Å². The van der Waals surface area contributed by atoms with E-state index in [1.165, 1.54) is 0 Å². The third-order valence-electron chi connectivity index (χ3n) is 5.10. The van der Waals surface area contributed by atoms with Crippen LogP contribution in [0.4, 0.5) is 0 Å². The second-order valence-corrected chi connectivity index (χ2v) is 8.01. The standard InChI is InChI=1S/C21H28N4O7S/c26-17(27)10-15(24-18(28)13-7-4-8-22-13)20(30)23-14(9-12-5-2-1-3-6-12)19(29)25-16(11-33)21(31)32/h1-3,5-6,13-16,22,33H,4,7-11H2,(H,23,30)(H,24,28)(H,25,29)(H,26,27)(H,31,32). The molecule has 180 valence electrons. The Balaban J connectivity index is 2.17. The molecule has 0 spiro atoms. The number of carbonyl (C=O) groups excluding carboxylic acids is 3. The first-order valence-corrected chi connectivity index (χ1v) is 11.1. The molecule has 2 rings (SSSR count). The van der Waals surface area contributed by atoms with Crippen LogP contribution in [0.5, 0.6) is 0 Å². The average Bonchev–Trinajstić information content (AvgIpc) is 3.31. The van der Waals surface area contributed by atoms with E-state index in [1.807, 2.05) is 0 Å². The van der Waals surface area contributed by atoms with Crippen molar-refractivity contribution in [1.29, 1.82) is 0 Å². The van der Waals surface area contributed by atoms with E-state index in [9.17, 15) is 34.2 Å². The zero-order valence-corrected chi connectivity index (χ0v) is 18.7. The number of thiol groups is 1. The summed E-state index contributed by atoms with van der Waals surface area (Å²) in [5.41, 5.74) is 0.685. The fourth-order valence-electron chi connectivity index (χ4n) is 3.35. The molecule has 6 N–H and O–H groups in total. The maximum Gasteiger partial charge on any atom is 0.327 e. The van der Waals surface area contributed by atoms with Gasteiger partial charge in [-0.2, -0.15) is 12.6 Å². The Labute approximate surface area is 196 Å². The molecule has 3 amide bonds. The Hall–Kier alpha value is -3.12. The fraction of sp³-hybridized carbons (Fsp3) is 0.476. The van der Waals surface area contributed by atoms with Gasteiger partial charge in [0.15, 0.2) is 0 Å². The smallest absolute Gasteiger partial charge is 0.327 e. The lowest BCUT2D eigenvalue weighted by Crippen LogP contribution is -2.58. The van der Waals surface area contributed by atoms with E-state index < -0.39 is 60.2 Å². The van der Waals surface area contributed by atoms with Crippen molar-refractivity contribution in [3.05, 3.63) is 35.9 Å². The number of benzene rings is 1. The van der Waals surface area contributed by atoms with Crippen LogP contribution in [0.3, 0.4) is 0 Å². The molecule has 11 nitrogen and oxygen atoms in total. The van der Waals surface area contributed by atoms with Gasteiger partial charge in [0, 0.05) is 12.2 Å². The summed E-state index contributed by atoms with van der Waals surface area (Å²) in [7, 11) is 0. The predicted molar refractivity (Wildman–Crippen MR) is 121 cm³/mol. The van der Waals surface area contributed by atoms with Gasteiger partial charge in [-0.1, -0.05) is 30.3 Å². The topological polar surface area (TPSA) is 174 Å². The molecule has 0 aromatic heterocycles. The minimum atomic E-state index is -1.41. The lowest BCUT2D eigenvalue weighted by Gasteiger charge is -2.24. The molecule has 0 bridgehead atoms. The Kier molecular flexibility index (Phi) is 10.1. The molecule has 4 unspecified atom stereocenters. The maximum atomic E-state index is 12.9. The summed E-state index contributed by atoms with van der Waals surface area (Å²) in [4.78, 5) is 60.7. The third kappa shape index (κ3) is 8.39. The number of hydrogen-bond donors (Lipinski definition) is 7. The molecule has 1 aromatic carbocycles. The van der Waals surface area contributed by atoms with Gasteiger partial charge < -0.3 is 31.5 Å². The number of hydrogen-bond acceptors (Lipinski definition) is 7. The molecule has 1 aromatic rings. The molecule has 4 atom stereocenters. The SMILES string of the molecule is O=C(O)CC(NC(=O)C1CCCN1)C(=O)NC(Cc1ccccc1)C(=O)NC(CS)C(=O)O. The van der Waals surface area contributed by atoms with Gasteiger partial charge >= 0.3 is 11.9 Å². The van der Waals surface area contributed by atoms with Gasteiger partial charge in [-0.05, 0) is 24.9 Å². The lowest BCUT2D eigenvalue weighted by atomic mass is 10.0. The summed E-state index contributed by atoms with van der Waals surface area (Å²) in [5, 5.41) is 28.6. The number of carbonyl (C=O) groups is 5. The van der Waals surface area contributed by atoms with Crippen LogP contribution < -0.4 is 21.3 Å². The first-order valence-electron chi connectivity index (χ1n) is 10.4. The summed E-state index contributed by atoms with van der Waals surface area (Å²) in [6, 6.07) is 4.27. The zero-order chi connectivity index (χ0) is 24.4. The van der Waals surface area contributed by atoms with Crippen LogP contribution in [-0.4, -0.2) is 76.3 Å². The van der Waals surface area contributed by atoms with Crippen molar-refractivity contribution in [3.63, 3.8) is 0 Å². The largest absolute Gasteiger partial charge is 0.481 e. The minimum absolute atomic E-state index is 0.0231. The van der Waals surface area contributed by atoms with Crippen LogP contribution in [0.2, 0.25) is 0 Å². The van der Waals surface area contributed by atoms with Crippen molar-refractivity contribution in [2.75, 3.05) is 12.3 Å². The summed E-state index contributed by atoms with van der Waals surface area (Å²) in [6.07, 6.45) is 0.684. The first kappa shape index (κ1) is 26.1.